The minimum atomic E-state index is -0.276. The molecule has 1 aliphatic carbocycles. The fourth-order valence-corrected chi connectivity index (χ4v) is 5.42. The van der Waals surface area contributed by atoms with Gasteiger partial charge >= 0.3 is 0 Å². The zero-order valence-corrected chi connectivity index (χ0v) is 16.8. The number of nitrogens with one attached hydrogen (secondary N) is 1. The molecule has 2 aliphatic rings. The lowest BCUT2D eigenvalue weighted by Crippen LogP contribution is -2.31. The van der Waals surface area contributed by atoms with Crippen LogP contribution < -0.4 is 5.32 Å². The van der Waals surface area contributed by atoms with Gasteiger partial charge in [-0.25, -0.2) is 9.07 Å². The van der Waals surface area contributed by atoms with Crippen LogP contribution in [0.1, 0.15) is 52.6 Å². The zero-order valence-electron chi connectivity index (χ0n) is 16.0. The molecular formula is C23H22FN3OS. The molecule has 5 rings (SSSR count). The quantitative estimate of drug-likeness (QED) is 0.675. The smallest absolute Gasteiger partial charge is 0.272 e. The van der Waals surface area contributed by atoms with E-state index in [0.29, 0.717) is 5.69 Å². The fraction of sp³-hybridized carbons (Fsp3) is 0.304. The summed E-state index contributed by atoms with van der Waals surface area (Å²) in [6.07, 6.45) is 4.79. The van der Waals surface area contributed by atoms with Gasteiger partial charge in [0.05, 0.1) is 11.7 Å². The predicted molar refractivity (Wildman–Crippen MR) is 112 cm³/mol. The molecule has 0 saturated carbocycles. The summed E-state index contributed by atoms with van der Waals surface area (Å²) in [5.74, 6) is 0.599. The predicted octanol–water partition coefficient (Wildman–Crippen LogP) is 4.86. The maximum Gasteiger partial charge on any atom is 0.272 e. The number of aromatic nitrogens is 2. The molecule has 0 spiro atoms. The summed E-state index contributed by atoms with van der Waals surface area (Å²) >= 11 is 1.84. The number of fused-ring (bicyclic) bond motifs is 2. The van der Waals surface area contributed by atoms with Crippen molar-refractivity contribution >= 4 is 17.7 Å². The number of hydrogen-bond acceptors (Lipinski definition) is 3. The number of hydrogen-bond donors (Lipinski definition) is 1. The van der Waals surface area contributed by atoms with Crippen molar-refractivity contribution in [3.63, 3.8) is 0 Å². The molecule has 1 atom stereocenters. The first-order valence-corrected chi connectivity index (χ1v) is 11.1. The van der Waals surface area contributed by atoms with Crippen LogP contribution in [0.3, 0.4) is 0 Å². The Morgan fingerprint density at radius 1 is 1.10 bits per heavy atom. The molecule has 1 N–H and O–H groups in total. The summed E-state index contributed by atoms with van der Waals surface area (Å²) in [5, 5.41) is 7.92. The molecule has 29 heavy (non-hydrogen) atoms. The van der Waals surface area contributed by atoms with Crippen LogP contribution in [-0.4, -0.2) is 21.4 Å². The van der Waals surface area contributed by atoms with Crippen molar-refractivity contribution in [1.29, 1.82) is 0 Å². The largest absolute Gasteiger partial charge is 0.344 e. The highest BCUT2D eigenvalue weighted by Crippen LogP contribution is 2.36. The van der Waals surface area contributed by atoms with E-state index in [1.165, 1.54) is 22.6 Å². The molecule has 148 valence electrons. The number of carbonyl (C=O) groups excluding carboxylic acids is 1. The van der Waals surface area contributed by atoms with Crippen LogP contribution in [-0.2, 0) is 12.8 Å². The minimum absolute atomic E-state index is 0.00941. The van der Waals surface area contributed by atoms with E-state index in [2.05, 4.69) is 17.4 Å². The number of nitrogens with zero attached hydrogens (tertiary/aromatic N) is 2. The van der Waals surface area contributed by atoms with E-state index in [9.17, 15) is 9.18 Å². The third-order valence-electron chi connectivity index (χ3n) is 5.73. The van der Waals surface area contributed by atoms with Crippen molar-refractivity contribution in [2.75, 3.05) is 5.75 Å². The van der Waals surface area contributed by atoms with E-state index in [1.54, 1.807) is 12.1 Å². The third kappa shape index (κ3) is 3.46. The van der Waals surface area contributed by atoms with E-state index < -0.39 is 0 Å². The Hall–Kier alpha value is -2.60. The molecule has 1 amide bonds. The van der Waals surface area contributed by atoms with E-state index in [4.69, 9.17) is 5.10 Å². The fourth-order valence-electron chi connectivity index (χ4n) is 4.30. The zero-order chi connectivity index (χ0) is 19.8. The van der Waals surface area contributed by atoms with Gasteiger partial charge in [0.15, 0.2) is 5.69 Å². The summed E-state index contributed by atoms with van der Waals surface area (Å²) in [6.45, 7) is 0. The first-order chi connectivity index (χ1) is 14.2. The molecule has 2 heterocycles. The molecule has 0 saturated heterocycles. The molecule has 1 aliphatic heterocycles. The van der Waals surface area contributed by atoms with Gasteiger partial charge in [0, 0.05) is 21.9 Å². The topological polar surface area (TPSA) is 46.9 Å². The van der Waals surface area contributed by atoms with Crippen molar-refractivity contribution in [3.05, 3.63) is 76.9 Å². The molecule has 6 heteroatoms. The van der Waals surface area contributed by atoms with Crippen LogP contribution in [0.15, 0.2) is 53.4 Å². The van der Waals surface area contributed by atoms with Gasteiger partial charge < -0.3 is 5.32 Å². The summed E-state index contributed by atoms with van der Waals surface area (Å²) in [4.78, 5) is 14.5. The summed E-state index contributed by atoms with van der Waals surface area (Å²) < 4.78 is 15.2. The van der Waals surface area contributed by atoms with Gasteiger partial charge in [0.1, 0.15) is 5.82 Å². The lowest BCUT2D eigenvalue weighted by atomic mass is 9.95. The molecule has 0 fully saturated rings. The number of halogens is 1. The van der Waals surface area contributed by atoms with Gasteiger partial charge in [-0.2, -0.15) is 5.10 Å². The van der Waals surface area contributed by atoms with Crippen LogP contribution >= 0.6 is 11.8 Å². The van der Waals surface area contributed by atoms with E-state index >= 15 is 0 Å². The van der Waals surface area contributed by atoms with Gasteiger partial charge in [0.2, 0.25) is 0 Å². The standard InChI is InChI=1S/C23H22FN3OS/c24-15-9-11-16(12-10-15)27-20-7-3-1-6-18(20)22(26-27)23(28)25-19-13-14-29-21-8-4-2-5-17(19)21/h2,4-5,8-12,19H,1,3,6-7,13-14H2,(H,25,28). The summed E-state index contributed by atoms with van der Waals surface area (Å²) in [5.41, 5.74) is 4.61. The highest BCUT2D eigenvalue weighted by atomic mass is 32.2. The molecule has 0 radical (unpaired) electrons. The minimum Gasteiger partial charge on any atom is -0.344 e. The Kier molecular flexibility index (Phi) is 4.87. The average Bonchev–Trinajstić information content (AvgIpc) is 3.14. The first kappa shape index (κ1) is 18.4. The maximum absolute atomic E-state index is 13.4. The van der Waals surface area contributed by atoms with Gasteiger partial charge in [0.25, 0.3) is 5.91 Å². The number of thioether (sulfide) groups is 1. The first-order valence-electron chi connectivity index (χ1n) is 10.1. The Labute approximate surface area is 173 Å². The second-order valence-electron chi connectivity index (χ2n) is 7.57. The van der Waals surface area contributed by atoms with Crippen LogP contribution in [0.2, 0.25) is 0 Å². The van der Waals surface area contributed by atoms with Crippen molar-refractivity contribution in [2.45, 2.75) is 43.0 Å². The van der Waals surface area contributed by atoms with E-state index in [-0.39, 0.29) is 17.8 Å². The lowest BCUT2D eigenvalue weighted by Gasteiger charge is -2.25. The molecular weight excluding hydrogens is 385 g/mol. The van der Waals surface area contributed by atoms with Crippen molar-refractivity contribution < 1.29 is 9.18 Å². The molecule has 0 bridgehead atoms. The normalized spacial score (nSPS) is 18.0. The van der Waals surface area contributed by atoms with Crippen LogP contribution in [0.5, 0.6) is 0 Å². The van der Waals surface area contributed by atoms with Gasteiger partial charge in [-0.05, 0) is 68.0 Å². The number of amides is 1. The Balaban J connectivity index is 1.48. The van der Waals surface area contributed by atoms with Gasteiger partial charge in [-0.1, -0.05) is 18.2 Å². The van der Waals surface area contributed by atoms with Crippen LogP contribution in [0, 0.1) is 5.82 Å². The highest BCUT2D eigenvalue weighted by molar-refractivity contribution is 7.99. The molecule has 3 aromatic rings. The Morgan fingerprint density at radius 2 is 1.90 bits per heavy atom. The molecule has 4 nitrogen and oxygen atoms in total. The van der Waals surface area contributed by atoms with Gasteiger partial charge in [-0.15, -0.1) is 11.8 Å². The summed E-state index contributed by atoms with van der Waals surface area (Å²) in [6, 6.07) is 14.6. The molecule has 1 unspecified atom stereocenters. The van der Waals surface area contributed by atoms with Crippen LogP contribution in [0.4, 0.5) is 4.39 Å². The Morgan fingerprint density at radius 3 is 2.76 bits per heavy atom. The second-order valence-corrected chi connectivity index (χ2v) is 8.71. The van der Waals surface area contributed by atoms with Crippen molar-refractivity contribution in [2.24, 2.45) is 0 Å². The average molecular weight is 408 g/mol. The van der Waals surface area contributed by atoms with E-state index in [0.717, 1.165) is 54.8 Å². The number of benzene rings is 2. The second kappa shape index (κ2) is 7.67. The SMILES string of the molecule is O=C(NC1CCSc2ccccc21)c1nn(-c2ccc(F)cc2)c2c1CCCC2. The van der Waals surface area contributed by atoms with Crippen molar-refractivity contribution in [1.82, 2.24) is 15.1 Å². The maximum atomic E-state index is 13.4. The number of carbonyl (C=O) groups is 1. The number of rotatable bonds is 3. The summed E-state index contributed by atoms with van der Waals surface area (Å²) in [7, 11) is 0. The monoisotopic (exact) mass is 407 g/mol. The Bertz CT molecular complexity index is 1060. The van der Waals surface area contributed by atoms with Gasteiger partial charge in [-0.3, -0.25) is 4.79 Å². The highest BCUT2D eigenvalue weighted by Gasteiger charge is 2.28. The van der Waals surface area contributed by atoms with E-state index in [1.807, 2.05) is 28.6 Å². The molecule has 2 aromatic carbocycles. The van der Waals surface area contributed by atoms with Crippen molar-refractivity contribution in [3.8, 4) is 5.69 Å². The molecule has 1 aromatic heterocycles. The lowest BCUT2D eigenvalue weighted by molar-refractivity contribution is 0.0928. The third-order valence-corrected chi connectivity index (χ3v) is 6.85. The van der Waals surface area contributed by atoms with Crippen LogP contribution in [0.25, 0.3) is 5.69 Å².